The van der Waals surface area contributed by atoms with Crippen LogP contribution >= 0.6 is 34.5 Å². The van der Waals surface area contributed by atoms with E-state index in [1.165, 1.54) is 16.9 Å². The molecule has 0 saturated heterocycles. The van der Waals surface area contributed by atoms with Crippen LogP contribution in [0.2, 0.25) is 10.0 Å². The van der Waals surface area contributed by atoms with Crippen LogP contribution in [0.25, 0.3) is 0 Å². The number of anilines is 1. The van der Waals surface area contributed by atoms with Gasteiger partial charge in [-0.2, -0.15) is 0 Å². The van der Waals surface area contributed by atoms with Crippen LogP contribution in [0.15, 0.2) is 47.8 Å². The van der Waals surface area contributed by atoms with Crippen molar-refractivity contribution in [3.8, 4) is 5.75 Å². The van der Waals surface area contributed by atoms with Gasteiger partial charge in [-0.25, -0.2) is 4.98 Å². The van der Waals surface area contributed by atoms with Gasteiger partial charge in [0.2, 0.25) is 0 Å². The fourth-order valence-corrected chi connectivity index (χ4v) is 3.62. The number of aromatic nitrogens is 1. The molecule has 24 heavy (non-hydrogen) atoms. The third-order valence-electron chi connectivity index (χ3n) is 3.90. The summed E-state index contributed by atoms with van der Waals surface area (Å²) < 4.78 is 5.25. The highest BCUT2D eigenvalue weighted by molar-refractivity contribution is 7.13. The van der Waals surface area contributed by atoms with Crippen LogP contribution in [0.5, 0.6) is 5.75 Å². The smallest absolute Gasteiger partial charge is 0.329 e. The molecule has 0 fully saturated rings. The second-order valence-electron chi connectivity index (χ2n) is 5.46. The largest absolute Gasteiger partial charge is 0.497 e. The summed E-state index contributed by atoms with van der Waals surface area (Å²) >= 11 is 13.7. The van der Waals surface area contributed by atoms with Crippen LogP contribution in [-0.2, 0) is 6.42 Å². The van der Waals surface area contributed by atoms with Gasteiger partial charge in [0.25, 0.3) is 0 Å². The maximum Gasteiger partial charge on any atom is 0.329 e. The van der Waals surface area contributed by atoms with E-state index in [0.717, 1.165) is 23.4 Å². The fraction of sp³-hybridized carbons (Fsp3) is 0.167. The lowest BCUT2D eigenvalue weighted by molar-refractivity contribution is -0.368. The third-order valence-corrected chi connectivity index (χ3v) is 5.36. The average Bonchev–Trinajstić information content (AvgIpc) is 3.02. The van der Waals surface area contributed by atoms with Crippen molar-refractivity contribution in [3.63, 3.8) is 0 Å². The number of ether oxygens (including phenoxy) is 1. The predicted octanol–water partition coefficient (Wildman–Crippen LogP) is 4.83. The van der Waals surface area contributed by atoms with Crippen LogP contribution in [0.1, 0.15) is 22.7 Å². The van der Waals surface area contributed by atoms with Gasteiger partial charge in [-0.1, -0.05) is 52.7 Å². The molecule has 1 unspecified atom stereocenters. The summed E-state index contributed by atoms with van der Waals surface area (Å²) in [4.78, 5) is 3.26. The maximum absolute atomic E-state index is 6.16. The Kier molecular flexibility index (Phi) is 5.29. The Morgan fingerprint density at radius 2 is 1.88 bits per heavy atom. The quantitative estimate of drug-likeness (QED) is 0.689. The van der Waals surface area contributed by atoms with Crippen molar-refractivity contribution in [2.24, 2.45) is 0 Å². The van der Waals surface area contributed by atoms with Gasteiger partial charge >= 0.3 is 5.13 Å². The topological polar surface area (TPSA) is 49.4 Å². The Morgan fingerprint density at radius 1 is 1.12 bits per heavy atom. The number of halogens is 2. The molecule has 1 heterocycles. The molecule has 3 N–H and O–H groups in total. The lowest BCUT2D eigenvalue weighted by Gasteiger charge is -2.15. The van der Waals surface area contributed by atoms with Gasteiger partial charge < -0.3 is 4.74 Å². The molecule has 0 saturated carbocycles. The van der Waals surface area contributed by atoms with Crippen molar-refractivity contribution >= 4 is 39.7 Å². The average molecular weight is 380 g/mol. The number of H-pyrrole nitrogens is 1. The monoisotopic (exact) mass is 379 g/mol. The Labute approximate surface area is 155 Å². The summed E-state index contributed by atoms with van der Waals surface area (Å²) in [6, 6.07) is 13.8. The Bertz CT molecular complexity index is 833. The van der Waals surface area contributed by atoms with E-state index in [1.54, 1.807) is 7.11 Å². The molecule has 6 heteroatoms. The van der Waals surface area contributed by atoms with Crippen LogP contribution in [0.3, 0.4) is 0 Å². The van der Waals surface area contributed by atoms with Gasteiger partial charge in [-0.3, -0.25) is 5.73 Å². The number of methoxy groups -OCH3 is 1. The zero-order valence-electron chi connectivity index (χ0n) is 13.1. The molecule has 124 valence electrons. The molecule has 0 amide bonds. The van der Waals surface area contributed by atoms with Crippen molar-refractivity contribution in [1.29, 1.82) is 0 Å². The molecule has 1 atom stereocenters. The van der Waals surface area contributed by atoms with E-state index in [0.29, 0.717) is 15.2 Å². The molecule has 0 radical (unpaired) electrons. The number of nitrogens with two attached hydrogens (primary N) is 1. The van der Waals surface area contributed by atoms with Crippen LogP contribution in [0, 0.1) is 0 Å². The first-order valence-corrected chi connectivity index (χ1v) is 9.04. The molecule has 3 aromatic rings. The van der Waals surface area contributed by atoms with E-state index < -0.39 is 0 Å². The normalized spacial score (nSPS) is 12.1. The van der Waals surface area contributed by atoms with Gasteiger partial charge in [0, 0.05) is 5.38 Å². The summed E-state index contributed by atoms with van der Waals surface area (Å²) in [7, 11) is 1.66. The Hall–Kier alpha value is -1.75. The van der Waals surface area contributed by atoms with E-state index in [9.17, 15) is 0 Å². The Morgan fingerprint density at radius 3 is 2.46 bits per heavy atom. The summed E-state index contributed by atoms with van der Waals surface area (Å²) in [6.07, 6.45) is 0.788. The molecular formula is C18H17Cl2N2OS+. The lowest BCUT2D eigenvalue weighted by Crippen LogP contribution is -2.17. The summed E-state index contributed by atoms with van der Waals surface area (Å²) in [5, 5.41) is 3.88. The molecule has 0 spiro atoms. The van der Waals surface area contributed by atoms with Crippen molar-refractivity contribution in [3.05, 3.63) is 74.7 Å². The molecule has 0 aliphatic heterocycles. The van der Waals surface area contributed by atoms with Gasteiger partial charge in [0.15, 0.2) is 0 Å². The van der Waals surface area contributed by atoms with Gasteiger partial charge in [-0.05, 0) is 41.8 Å². The zero-order chi connectivity index (χ0) is 17.1. The number of rotatable bonds is 5. The number of nitrogens with one attached hydrogen (secondary N) is 1. The van der Waals surface area contributed by atoms with E-state index in [2.05, 4.69) is 22.5 Å². The van der Waals surface area contributed by atoms with Gasteiger partial charge in [0.05, 0.1) is 23.1 Å². The summed E-state index contributed by atoms with van der Waals surface area (Å²) in [5.74, 6) is 0.975. The number of aromatic amines is 1. The van der Waals surface area contributed by atoms with Crippen LogP contribution in [0.4, 0.5) is 5.13 Å². The number of thiazole rings is 1. The number of hydrogen-bond donors (Lipinski definition) is 1. The zero-order valence-corrected chi connectivity index (χ0v) is 15.4. The molecule has 0 aliphatic carbocycles. The second-order valence-corrected chi connectivity index (χ2v) is 7.18. The van der Waals surface area contributed by atoms with E-state index in [4.69, 9.17) is 33.7 Å². The number of nitrogen functional groups attached to an aromatic ring is 1. The molecule has 0 aliphatic rings. The first-order chi connectivity index (χ1) is 11.6. The number of benzene rings is 2. The maximum atomic E-state index is 6.16. The van der Waals surface area contributed by atoms with Crippen LogP contribution < -0.4 is 15.5 Å². The predicted molar refractivity (Wildman–Crippen MR) is 100 cm³/mol. The number of hydrogen-bond acceptors (Lipinski definition) is 3. The molecule has 2 aromatic carbocycles. The first-order valence-electron chi connectivity index (χ1n) is 7.41. The molecule has 1 aromatic heterocycles. The van der Waals surface area contributed by atoms with E-state index >= 15 is 0 Å². The van der Waals surface area contributed by atoms with Gasteiger partial charge in [-0.15, -0.1) is 0 Å². The summed E-state index contributed by atoms with van der Waals surface area (Å²) in [6.45, 7) is 0. The molecule has 3 nitrogen and oxygen atoms in total. The lowest BCUT2D eigenvalue weighted by atomic mass is 9.89. The highest BCUT2D eigenvalue weighted by Crippen LogP contribution is 2.31. The minimum absolute atomic E-state index is 0.140. The minimum Gasteiger partial charge on any atom is -0.497 e. The highest BCUT2D eigenvalue weighted by atomic mass is 35.5. The highest BCUT2D eigenvalue weighted by Gasteiger charge is 2.21. The van der Waals surface area contributed by atoms with Crippen molar-refractivity contribution in [2.45, 2.75) is 12.3 Å². The van der Waals surface area contributed by atoms with Gasteiger partial charge in [0.1, 0.15) is 11.4 Å². The third kappa shape index (κ3) is 3.83. The van der Waals surface area contributed by atoms with Crippen molar-refractivity contribution in [2.75, 3.05) is 12.8 Å². The first kappa shape index (κ1) is 17.1. The second kappa shape index (κ2) is 7.43. The van der Waals surface area contributed by atoms with Crippen molar-refractivity contribution in [1.82, 2.24) is 0 Å². The SMILES string of the molecule is COc1ccc(C(Cc2ccc(Cl)c(Cl)c2)c2csc(N)[nH+]2)cc1. The van der Waals surface area contributed by atoms with Crippen molar-refractivity contribution < 1.29 is 9.72 Å². The standard InChI is InChI=1S/C18H16Cl2N2OS/c1-23-13-5-3-12(4-6-13)14(17-10-24-18(21)22-17)8-11-2-7-15(19)16(20)9-11/h2-7,9-10,14H,8H2,1H3,(H2,21,22)/p+1. The Balaban J connectivity index is 1.96. The molecular weight excluding hydrogens is 363 g/mol. The van der Waals surface area contributed by atoms with Crippen LogP contribution in [-0.4, -0.2) is 7.11 Å². The van der Waals surface area contributed by atoms with E-state index in [-0.39, 0.29) is 5.92 Å². The summed E-state index contributed by atoms with van der Waals surface area (Å²) in [5.41, 5.74) is 9.25. The fourth-order valence-electron chi connectivity index (χ4n) is 2.64. The minimum atomic E-state index is 0.140. The molecule has 3 rings (SSSR count). The van der Waals surface area contributed by atoms with E-state index in [1.807, 2.05) is 30.3 Å². The molecule has 0 bridgehead atoms.